The van der Waals surface area contributed by atoms with Crippen LogP contribution in [-0.2, 0) is 4.74 Å². The molecule has 7 N–H and O–H groups in total. The highest BCUT2D eigenvalue weighted by Crippen LogP contribution is 2.42. The maximum Gasteiger partial charge on any atom is 0.158 e. The molecule has 1 unspecified atom stereocenters. The van der Waals surface area contributed by atoms with Crippen molar-refractivity contribution in [1.82, 2.24) is 15.0 Å². The van der Waals surface area contributed by atoms with Gasteiger partial charge in [-0.15, -0.1) is 0 Å². The molecule has 2 fully saturated rings. The van der Waals surface area contributed by atoms with Gasteiger partial charge in [-0.05, 0) is 18.9 Å². The van der Waals surface area contributed by atoms with Crippen molar-refractivity contribution < 1.29 is 9.84 Å². The van der Waals surface area contributed by atoms with Crippen molar-refractivity contribution in [2.75, 3.05) is 42.7 Å². The Bertz CT molecular complexity index is 895. The first-order valence-corrected chi connectivity index (χ1v) is 10.6. The SMILES string of the molecule is Nc1nc(N2CCC3(CC2)COC(CO)[C@H]3N)cnc1Sc1ccnc(N)c1Cl. The van der Waals surface area contributed by atoms with E-state index in [0.717, 1.165) is 36.6 Å². The summed E-state index contributed by atoms with van der Waals surface area (Å²) in [4.78, 5) is 15.8. The summed E-state index contributed by atoms with van der Waals surface area (Å²) in [7, 11) is 0. The molecule has 0 radical (unpaired) electrons. The number of piperidine rings is 1. The van der Waals surface area contributed by atoms with Gasteiger partial charge in [-0.25, -0.2) is 15.0 Å². The largest absolute Gasteiger partial charge is 0.394 e. The Hall–Kier alpha value is -1.85. The first kappa shape index (κ1) is 20.4. The van der Waals surface area contributed by atoms with Crippen LogP contribution in [0.5, 0.6) is 0 Å². The summed E-state index contributed by atoms with van der Waals surface area (Å²) in [5.74, 6) is 1.33. The normalized spacial score (nSPS) is 23.6. The molecular formula is C18H24ClN7O2S. The highest BCUT2D eigenvalue weighted by atomic mass is 35.5. The number of anilines is 3. The standard InChI is InChI=1S/C18H24ClN7O2S/c19-13-11(1-4-23-15(13)21)29-17-16(22)25-12(7-24-17)26-5-2-18(3-6-26)9-28-10(8-27)14(18)20/h1,4,7,10,14,27H,2-3,5-6,8-9,20H2,(H2,21,23)(H2,22,25)/t10?,14-/m1/s1. The highest BCUT2D eigenvalue weighted by molar-refractivity contribution is 7.99. The third-order valence-corrected chi connectivity index (χ3v) is 7.37. The number of pyridine rings is 1. The van der Waals surface area contributed by atoms with Gasteiger partial charge in [-0.3, -0.25) is 0 Å². The maximum absolute atomic E-state index is 9.41. The zero-order chi connectivity index (χ0) is 20.6. The number of aliphatic hydroxyl groups is 1. The lowest BCUT2D eigenvalue weighted by molar-refractivity contribution is 0.0479. The predicted octanol–water partition coefficient (Wildman–Crippen LogP) is 1.15. The van der Waals surface area contributed by atoms with E-state index >= 15 is 0 Å². The van der Waals surface area contributed by atoms with Crippen LogP contribution in [0.3, 0.4) is 0 Å². The van der Waals surface area contributed by atoms with Gasteiger partial charge in [0.25, 0.3) is 0 Å². The van der Waals surface area contributed by atoms with Gasteiger partial charge < -0.3 is 31.9 Å². The van der Waals surface area contributed by atoms with Gasteiger partial charge in [0.05, 0.1) is 30.5 Å². The summed E-state index contributed by atoms with van der Waals surface area (Å²) in [5, 5.41) is 10.3. The zero-order valence-corrected chi connectivity index (χ0v) is 17.4. The molecule has 4 heterocycles. The Morgan fingerprint density at radius 2 is 2.03 bits per heavy atom. The Kier molecular flexibility index (Phi) is 5.71. The maximum atomic E-state index is 9.41. The van der Waals surface area contributed by atoms with Crippen molar-refractivity contribution in [3.63, 3.8) is 0 Å². The lowest BCUT2D eigenvalue weighted by Crippen LogP contribution is -2.51. The van der Waals surface area contributed by atoms with E-state index in [9.17, 15) is 5.11 Å². The van der Waals surface area contributed by atoms with Crippen LogP contribution in [0.2, 0.25) is 5.02 Å². The number of aromatic nitrogens is 3. The van der Waals surface area contributed by atoms with E-state index in [2.05, 4.69) is 19.9 Å². The van der Waals surface area contributed by atoms with Crippen molar-refractivity contribution in [3.8, 4) is 0 Å². The van der Waals surface area contributed by atoms with E-state index in [0.29, 0.717) is 22.5 Å². The van der Waals surface area contributed by atoms with E-state index < -0.39 is 0 Å². The molecule has 29 heavy (non-hydrogen) atoms. The molecule has 9 nitrogen and oxygen atoms in total. The monoisotopic (exact) mass is 437 g/mol. The van der Waals surface area contributed by atoms with E-state index in [4.69, 9.17) is 33.5 Å². The van der Waals surface area contributed by atoms with E-state index in [1.807, 2.05) is 0 Å². The second-order valence-electron chi connectivity index (χ2n) is 7.44. The highest BCUT2D eigenvalue weighted by Gasteiger charge is 2.48. The average molecular weight is 438 g/mol. The van der Waals surface area contributed by atoms with Gasteiger partial charge in [0.1, 0.15) is 16.7 Å². The molecule has 2 aromatic heterocycles. The van der Waals surface area contributed by atoms with Gasteiger partial charge in [-0.2, -0.15) is 0 Å². The molecule has 0 aromatic carbocycles. The molecule has 2 aromatic rings. The molecule has 0 bridgehead atoms. The quantitative estimate of drug-likeness (QED) is 0.548. The van der Waals surface area contributed by atoms with Gasteiger partial charge in [-0.1, -0.05) is 23.4 Å². The smallest absolute Gasteiger partial charge is 0.158 e. The third-order valence-electron chi connectivity index (χ3n) is 5.79. The van der Waals surface area contributed by atoms with Gasteiger partial charge in [0.15, 0.2) is 5.82 Å². The number of halogens is 1. The van der Waals surface area contributed by atoms with Crippen LogP contribution < -0.4 is 22.1 Å². The molecular weight excluding hydrogens is 414 g/mol. The molecule has 2 saturated heterocycles. The summed E-state index contributed by atoms with van der Waals surface area (Å²) in [6.07, 6.45) is 4.77. The van der Waals surface area contributed by atoms with Crippen LogP contribution in [-0.4, -0.2) is 58.5 Å². The lowest BCUT2D eigenvalue weighted by Gasteiger charge is -2.41. The van der Waals surface area contributed by atoms with Crippen LogP contribution in [0, 0.1) is 5.41 Å². The summed E-state index contributed by atoms with van der Waals surface area (Å²) >= 11 is 7.50. The molecule has 1 spiro atoms. The fraction of sp³-hybridized carbons (Fsp3) is 0.500. The Labute approximate surface area is 178 Å². The zero-order valence-electron chi connectivity index (χ0n) is 15.8. The number of nitrogens with two attached hydrogens (primary N) is 3. The summed E-state index contributed by atoms with van der Waals surface area (Å²) in [5.41, 5.74) is 18.2. The van der Waals surface area contributed by atoms with Gasteiger partial charge in [0.2, 0.25) is 0 Å². The number of nitrogen functional groups attached to an aromatic ring is 2. The number of ether oxygens (including phenoxy) is 1. The molecule has 11 heteroatoms. The fourth-order valence-corrected chi connectivity index (χ4v) is 4.94. The van der Waals surface area contributed by atoms with Crippen LogP contribution in [0.25, 0.3) is 0 Å². The van der Waals surface area contributed by atoms with Gasteiger partial charge in [0, 0.05) is 35.6 Å². The molecule has 0 saturated carbocycles. The van der Waals surface area contributed by atoms with Crippen LogP contribution in [0.1, 0.15) is 12.8 Å². The molecule has 2 aliphatic rings. The topological polar surface area (TPSA) is 149 Å². The van der Waals surface area contributed by atoms with E-state index in [1.165, 1.54) is 11.8 Å². The van der Waals surface area contributed by atoms with Crippen molar-refractivity contribution >= 4 is 40.8 Å². The summed E-state index contributed by atoms with van der Waals surface area (Å²) in [6.45, 7) is 2.11. The average Bonchev–Trinajstić information content (AvgIpc) is 3.03. The van der Waals surface area contributed by atoms with Gasteiger partial charge >= 0.3 is 0 Å². The van der Waals surface area contributed by atoms with Crippen molar-refractivity contribution in [2.45, 2.75) is 34.9 Å². The Morgan fingerprint density at radius 1 is 1.28 bits per heavy atom. The number of aliphatic hydroxyl groups excluding tert-OH is 1. The third kappa shape index (κ3) is 3.82. The minimum absolute atomic E-state index is 0.0408. The first-order chi connectivity index (χ1) is 13.9. The molecule has 2 aliphatic heterocycles. The van der Waals surface area contributed by atoms with Crippen molar-refractivity contribution in [2.24, 2.45) is 11.1 Å². The summed E-state index contributed by atoms with van der Waals surface area (Å²) in [6, 6.07) is 1.61. The minimum atomic E-state index is -0.276. The lowest BCUT2D eigenvalue weighted by atomic mass is 9.73. The predicted molar refractivity (Wildman–Crippen MR) is 113 cm³/mol. The van der Waals surface area contributed by atoms with Crippen molar-refractivity contribution in [1.29, 1.82) is 0 Å². The second kappa shape index (κ2) is 8.11. The fourth-order valence-electron chi connectivity index (χ4n) is 3.93. The Morgan fingerprint density at radius 3 is 2.69 bits per heavy atom. The first-order valence-electron chi connectivity index (χ1n) is 9.37. The molecule has 0 amide bonds. The number of nitrogens with zero attached hydrogens (tertiary/aromatic N) is 4. The van der Waals surface area contributed by atoms with Crippen molar-refractivity contribution in [3.05, 3.63) is 23.5 Å². The van der Waals surface area contributed by atoms with Crippen LogP contribution in [0.15, 0.2) is 28.4 Å². The molecule has 156 valence electrons. The molecule has 2 atom stereocenters. The molecule has 0 aliphatic carbocycles. The minimum Gasteiger partial charge on any atom is -0.394 e. The van der Waals surface area contributed by atoms with E-state index in [-0.39, 0.29) is 30.0 Å². The summed E-state index contributed by atoms with van der Waals surface area (Å²) < 4.78 is 5.69. The second-order valence-corrected chi connectivity index (χ2v) is 8.84. The number of rotatable bonds is 4. The van der Waals surface area contributed by atoms with E-state index in [1.54, 1.807) is 18.5 Å². The Balaban J connectivity index is 1.45. The van der Waals surface area contributed by atoms with Crippen LogP contribution >= 0.6 is 23.4 Å². The van der Waals surface area contributed by atoms with Crippen LogP contribution in [0.4, 0.5) is 17.5 Å². The number of hydrogen-bond donors (Lipinski definition) is 4. The number of hydrogen-bond acceptors (Lipinski definition) is 10. The molecule has 4 rings (SSSR count).